The summed E-state index contributed by atoms with van der Waals surface area (Å²) in [6, 6.07) is 8.09. The topological polar surface area (TPSA) is 78.0 Å². The highest BCUT2D eigenvalue weighted by atomic mass is 16.3. The number of nitrogens with zero attached hydrogens (tertiary/aromatic N) is 1. The van der Waals surface area contributed by atoms with Gasteiger partial charge in [-0.3, -0.25) is 4.79 Å². The summed E-state index contributed by atoms with van der Waals surface area (Å²) in [7, 11) is 0. The highest BCUT2D eigenvalue weighted by molar-refractivity contribution is 5.77. The number of nitrogens with one attached hydrogen (secondary N) is 2. The quantitative estimate of drug-likeness (QED) is 0.804. The number of aliphatic hydroxyl groups is 1. The van der Waals surface area contributed by atoms with E-state index in [1.165, 1.54) is 0 Å². The number of aromatic amines is 1. The Balaban J connectivity index is 1.49. The molecule has 112 valence electrons. The zero-order valence-corrected chi connectivity index (χ0v) is 12.0. The van der Waals surface area contributed by atoms with Gasteiger partial charge in [-0.2, -0.15) is 0 Å². The maximum atomic E-state index is 12.0. The number of rotatable bonds is 4. The monoisotopic (exact) mass is 287 g/mol. The largest absolute Gasteiger partial charge is 0.393 e. The Labute approximate surface area is 123 Å². The molecule has 1 fully saturated rings. The first-order chi connectivity index (χ1) is 10.2. The number of benzene rings is 1. The van der Waals surface area contributed by atoms with E-state index < -0.39 is 0 Å². The Hall–Kier alpha value is -1.88. The van der Waals surface area contributed by atoms with Crippen molar-refractivity contribution in [1.82, 2.24) is 15.3 Å². The zero-order valence-electron chi connectivity index (χ0n) is 12.0. The van der Waals surface area contributed by atoms with Gasteiger partial charge in [0.05, 0.1) is 17.1 Å². The molecule has 5 nitrogen and oxygen atoms in total. The number of carbonyl (C=O) groups excluding carboxylic acids is 1. The van der Waals surface area contributed by atoms with Crippen LogP contribution in [0.15, 0.2) is 24.3 Å². The molecule has 21 heavy (non-hydrogen) atoms. The Morgan fingerprint density at radius 1 is 1.29 bits per heavy atom. The fraction of sp³-hybridized carbons (Fsp3) is 0.500. The van der Waals surface area contributed by atoms with Gasteiger partial charge in [-0.15, -0.1) is 0 Å². The lowest BCUT2D eigenvalue weighted by Gasteiger charge is -2.26. The third-order valence-corrected chi connectivity index (χ3v) is 4.09. The summed E-state index contributed by atoms with van der Waals surface area (Å²) < 4.78 is 0. The van der Waals surface area contributed by atoms with Gasteiger partial charge in [-0.1, -0.05) is 12.1 Å². The van der Waals surface area contributed by atoms with E-state index >= 15 is 0 Å². The van der Waals surface area contributed by atoms with Crippen LogP contribution in [0.3, 0.4) is 0 Å². The molecule has 1 saturated carbocycles. The van der Waals surface area contributed by atoms with Gasteiger partial charge in [0.2, 0.25) is 5.91 Å². The van der Waals surface area contributed by atoms with Gasteiger partial charge in [0.25, 0.3) is 0 Å². The zero-order chi connectivity index (χ0) is 14.7. The lowest BCUT2D eigenvalue weighted by atomic mass is 9.93. The molecule has 1 amide bonds. The number of hydrogen-bond donors (Lipinski definition) is 3. The average Bonchev–Trinajstić information content (AvgIpc) is 2.90. The van der Waals surface area contributed by atoms with Gasteiger partial charge >= 0.3 is 0 Å². The van der Waals surface area contributed by atoms with Crippen molar-refractivity contribution in [1.29, 1.82) is 0 Å². The molecule has 2 aromatic rings. The van der Waals surface area contributed by atoms with E-state index in [2.05, 4.69) is 15.3 Å². The molecule has 1 aliphatic rings. The number of fused-ring (bicyclic) bond motifs is 1. The minimum Gasteiger partial charge on any atom is -0.393 e. The van der Waals surface area contributed by atoms with Gasteiger partial charge in [-0.25, -0.2) is 4.98 Å². The van der Waals surface area contributed by atoms with Crippen LogP contribution < -0.4 is 5.32 Å². The standard InChI is InChI=1S/C16H21N3O2/c20-12-7-5-11(6-8-12)17-16(21)10-9-15-18-13-3-1-2-4-14(13)19-15/h1-4,11-12,20H,5-10H2,(H,17,21)(H,18,19). The second-order valence-corrected chi connectivity index (χ2v) is 5.77. The summed E-state index contributed by atoms with van der Waals surface area (Å²) in [6.07, 6.45) is 4.20. The summed E-state index contributed by atoms with van der Waals surface area (Å²) in [6.45, 7) is 0. The van der Waals surface area contributed by atoms with Crippen molar-refractivity contribution < 1.29 is 9.90 Å². The summed E-state index contributed by atoms with van der Waals surface area (Å²) in [5, 5.41) is 12.5. The molecule has 0 aliphatic heterocycles. The molecule has 3 N–H and O–H groups in total. The number of carbonyl (C=O) groups is 1. The first-order valence-corrected chi connectivity index (χ1v) is 7.62. The second-order valence-electron chi connectivity index (χ2n) is 5.77. The third kappa shape index (κ3) is 3.61. The Kier molecular flexibility index (Phi) is 4.20. The van der Waals surface area contributed by atoms with Crippen LogP contribution in [0, 0.1) is 0 Å². The predicted molar refractivity (Wildman–Crippen MR) is 80.8 cm³/mol. The molecule has 1 aliphatic carbocycles. The first-order valence-electron chi connectivity index (χ1n) is 7.62. The number of H-pyrrole nitrogens is 1. The normalized spacial score (nSPS) is 22.3. The lowest BCUT2D eigenvalue weighted by Crippen LogP contribution is -2.38. The second kappa shape index (κ2) is 6.26. The van der Waals surface area contributed by atoms with Crippen molar-refractivity contribution in [3.8, 4) is 0 Å². The molecule has 0 unspecified atom stereocenters. The molecule has 0 spiro atoms. The van der Waals surface area contributed by atoms with Gasteiger partial charge in [0, 0.05) is 18.9 Å². The van der Waals surface area contributed by atoms with E-state index in [1.54, 1.807) is 0 Å². The number of para-hydroxylation sites is 2. The molecule has 1 heterocycles. The molecule has 0 bridgehead atoms. The number of imidazole rings is 1. The Morgan fingerprint density at radius 2 is 2.05 bits per heavy atom. The maximum Gasteiger partial charge on any atom is 0.220 e. The number of amides is 1. The maximum absolute atomic E-state index is 12.0. The summed E-state index contributed by atoms with van der Waals surface area (Å²) in [5.41, 5.74) is 1.95. The highest BCUT2D eigenvalue weighted by Crippen LogP contribution is 2.18. The number of aryl methyl sites for hydroxylation is 1. The fourth-order valence-electron chi connectivity index (χ4n) is 2.88. The summed E-state index contributed by atoms with van der Waals surface area (Å²) in [4.78, 5) is 19.7. The molecule has 0 atom stereocenters. The predicted octanol–water partition coefficient (Wildman–Crippen LogP) is 1.92. The van der Waals surface area contributed by atoms with E-state index in [1.807, 2.05) is 24.3 Å². The van der Waals surface area contributed by atoms with Gasteiger partial charge in [0.1, 0.15) is 5.82 Å². The number of hydrogen-bond acceptors (Lipinski definition) is 3. The van der Waals surface area contributed by atoms with Gasteiger partial charge < -0.3 is 15.4 Å². The minimum atomic E-state index is -0.186. The van der Waals surface area contributed by atoms with Crippen LogP contribution >= 0.6 is 0 Å². The molecule has 0 saturated heterocycles. The molecular weight excluding hydrogens is 266 g/mol. The minimum absolute atomic E-state index is 0.0665. The average molecular weight is 287 g/mol. The number of aliphatic hydroxyl groups excluding tert-OH is 1. The molecule has 5 heteroatoms. The van der Waals surface area contributed by atoms with Crippen LogP contribution in [0.1, 0.15) is 37.9 Å². The van der Waals surface area contributed by atoms with E-state index in [9.17, 15) is 9.90 Å². The number of aromatic nitrogens is 2. The van der Waals surface area contributed by atoms with E-state index in [0.29, 0.717) is 12.8 Å². The summed E-state index contributed by atoms with van der Waals surface area (Å²) >= 11 is 0. The lowest BCUT2D eigenvalue weighted by molar-refractivity contribution is -0.122. The van der Waals surface area contributed by atoms with Crippen molar-refractivity contribution in [2.75, 3.05) is 0 Å². The molecule has 3 rings (SSSR count). The van der Waals surface area contributed by atoms with Gasteiger partial charge in [-0.05, 0) is 37.8 Å². The van der Waals surface area contributed by atoms with Crippen LogP contribution in [0.5, 0.6) is 0 Å². The molecule has 0 radical (unpaired) electrons. The molecule has 1 aromatic heterocycles. The SMILES string of the molecule is O=C(CCc1nc2ccccc2[nH]1)NC1CCC(O)CC1. The van der Waals surface area contributed by atoms with Crippen molar-refractivity contribution in [2.24, 2.45) is 0 Å². The first kappa shape index (κ1) is 14.1. The highest BCUT2D eigenvalue weighted by Gasteiger charge is 2.20. The van der Waals surface area contributed by atoms with E-state index in [0.717, 1.165) is 42.5 Å². The Morgan fingerprint density at radius 3 is 2.81 bits per heavy atom. The van der Waals surface area contributed by atoms with Crippen LogP contribution in [0.25, 0.3) is 11.0 Å². The van der Waals surface area contributed by atoms with Crippen LogP contribution in [-0.4, -0.2) is 33.1 Å². The Bertz CT molecular complexity index is 582. The van der Waals surface area contributed by atoms with Crippen LogP contribution in [0.4, 0.5) is 0 Å². The fourth-order valence-corrected chi connectivity index (χ4v) is 2.88. The van der Waals surface area contributed by atoms with Crippen molar-refractivity contribution >= 4 is 16.9 Å². The van der Waals surface area contributed by atoms with E-state index in [4.69, 9.17) is 0 Å². The van der Waals surface area contributed by atoms with Crippen LogP contribution in [-0.2, 0) is 11.2 Å². The van der Waals surface area contributed by atoms with Crippen molar-refractivity contribution in [3.63, 3.8) is 0 Å². The molecular formula is C16H21N3O2. The molecule has 1 aromatic carbocycles. The smallest absolute Gasteiger partial charge is 0.220 e. The van der Waals surface area contributed by atoms with Crippen LogP contribution in [0.2, 0.25) is 0 Å². The van der Waals surface area contributed by atoms with Crippen molar-refractivity contribution in [2.45, 2.75) is 50.7 Å². The van der Waals surface area contributed by atoms with Gasteiger partial charge in [0.15, 0.2) is 0 Å². The van der Waals surface area contributed by atoms with E-state index in [-0.39, 0.29) is 18.1 Å². The summed E-state index contributed by atoms with van der Waals surface area (Å²) in [5.74, 6) is 0.919. The van der Waals surface area contributed by atoms with Crippen molar-refractivity contribution in [3.05, 3.63) is 30.1 Å². The third-order valence-electron chi connectivity index (χ3n) is 4.09.